The van der Waals surface area contributed by atoms with Crippen molar-refractivity contribution in [2.24, 2.45) is 5.92 Å². The van der Waals surface area contributed by atoms with Crippen LogP contribution in [0.5, 0.6) is 0 Å². The molecular weight excluding hydrogens is 156 g/mol. The Morgan fingerprint density at radius 2 is 2.25 bits per heavy atom. The average Bonchev–Trinajstić information content (AvgIpc) is 2.07. The first-order chi connectivity index (χ1) is 5.74. The Kier molecular flexibility index (Phi) is 6.38. The normalized spacial score (nSPS) is 13.2. The van der Waals surface area contributed by atoms with Crippen molar-refractivity contribution in [1.29, 1.82) is 0 Å². The molecule has 0 aliphatic carbocycles. The van der Waals surface area contributed by atoms with E-state index in [0.717, 1.165) is 6.42 Å². The van der Waals surface area contributed by atoms with Gasteiger partial charge in [0.2, 0.25) is 0 Å². The predicted molar refractivity (Wildman–Crippen MR) is 46.6 cm³/mol. The highest BCUT2D eigenvalue weighted by atomic mass is 16.5. The summed E-state index contributed by atoms with van der Waals surface area (Å²) < 4.78 is 4.67. The molecule has 0 spiro atoms. The number of ether oxygens (including phenoxy) is 1. The molecular formula is C9H16O3. The standard InChI is InChI=1S/C9H16O3/c1-3-8(7-10)5-6-9(11)12-4-2/h5-6,8,10H,3-4,7H2,1-2H3/b6-5+/t8-/m1/s1. The first-order valence-corrected chi connectivity index (χ1v) is 4.20. The number of carbonyl (C=O) groups excluding carboxylic acids is 1. The highest BCUT2D eigenvalue weighted by Crippen LogP contribution is 2.02. The molecule has 0 aliphatic heterocycles. The lowest BCUT2D eigenvalue weighted by Gasteiger charge is -2.03. The molecule has 0 aliphatic rings. The molecule has 0 fully saturated rings. The van der Waals surface area contributed by atoms with E-state index in [1.54, 1.807) is 13.0 Å². The minimum Gasteiger partial charge on any atom is -0.463 e. The molecule has 0 aromatic heterocycles. The van der Waals surface area contributed by atoms with E-state index >= 15 is 0 Å². The summed E-state index contributed by atoms with van der Waals surface area (Å²) in [7, 11) is 0. The van der Waals surface area contributed by atoms with Crippen LogP contribution < -0.4 is 0 Å². The fourth-order valence-electron chi connectivity index (χ4n) is 0.731. The summed E-state index contributed by atoms with van der Waals surface area (Å²) in [6.07, 6.45) is 3.87. The topological polar surface area (TPSA) is 46.5 Å². The van der Waals surface area contributed by atoms with Crippen molar-refractivity contribution in [3.63, 3.8) is 0 Å². The Morgan fingerprint density at radius 3 is 2.67 bits per heavy atom. The van der Waals surface area contributed by atoms with Crippen molar-refractivity contribution >= 4 is 5.97 Å². The lowest BCUT2D eigenvalue weighted by atomic mass is 10.1. The van der Waals surface area contributed by atoms with Crippen LogP contribution in [-0.2, 0) is 9.53 Å². The maximum atomic E-state index is 10.8. The van der Waals surface area contributed by atoms with E-state index in [0.29, 0.717) is 6.61 Å². The number of hydrogen-bond donors (Lipinski definition) is 1. The van der Waals surface area contributed by atoms with Crippen LogP contribution in [-0.4, -0.2) is 24.3 Å². The van der Waals surface area contributed by atoms with Gasteiger partial charge in [0, 0.05) is 18.6 Å². The Balaban J connectivity index is 3.78. The first-order valence-electron chi connectivity index (χ1n) is 4.20. The van der Waals surface area contributed by atoms with Crippen LogP contribution in [0.4, 0.5) is 0 Å². The zero-order chi connectivity index (χ0) is 9.40. The summed E-state index contributed by atoms with van der Waals surface area (Å²) in [6.45, 7) is 4.18. The predicted octanol–water partition coefficient (Wildman–Crippen LogP) is 1.12. The highest BCUT2D eigenvalue weighted by molar-refractivity contribution is 5.81. The molecule has 0 radical (unpaired) electrons. The average molecular weight is 172 g/mol. The van der Waals surface area contributed by atoms with Crippen molar-refractivity contribution in [2.45, 2.75) is 20.3 Å². The molecule has 0 rings (SSSR count). The van der Waals surface area contributed by atoms with Crippen LogP contribution in [0.2, 0.25) is 0 Å². The van der Waals surface area contributed by atoms with Gasteiger partial charge in [0.25, 0.3) is 0 Å². The number of rotatable bonds is 5. The third-order valence-electron chi connectivity index (χ3n) is 1.55. The largest absolute Gasteiger partial charge is 0.463 e. The van der Waals surface area contributed by atoms with Crippen molar-refractivity contribution in [3.8, 4) is 0 Å². The van der Waals surface area contributed by atoms with Crippen LogP contribution >= 0.6 is 0 Å². The molecule has 3 heteroatoms. The molecule has 0 aromatic rings. The molecule has 70 valence electrons. The Bertz CT molecular complexity index is 148. The first kappa shape index (κ1) is 11.2. The Labute approximate surface area is 73.0 Å². The maximum absolute atomic E-state index is 10.8. The van der Waals surface area contributed by atoms with Crippen molar-refractivity contribution < 1.29 is 14.6 Å². The molecule has 0 saturated carbocycles. The third-order valence-corrected chi connectivity index (χ3v) is 1.55. The fraction of sp³-hybridized carbons (Fsp3) is 0.667. The second-order valence-corrected chi connectivity index (χ2v) is 2.46. The second-order valence-electron chi connectivity index (χ2n) is 2.46. The van der Waals surface area contributed by atoms with Gasteiger partial charge in [-0.1, -0.05) is 13.0 Å². The van der Waals surface area contributed by atoms with Gasteiger partial charge in [-0.2, -0.15) is 0 Å². The summed E-state index contributed by atoms with van der Waals surface area (Å²) in [5, 5.41) is 8.77. The van der Waals surface area contributed by atoms with E-state index in [1.807, 2.05) is 6.92 Å². The molecule has 1 N–H and O–H groups in total. The summed E-state index contributed by atoms with van der Waals surface area (Å²) in [5.41, 5.74) is 0. The Hall–Kier alpha value is -0.830. The van der Waals surface area contributed by atoms with Crippen molar-refractivity contribution in [2.75, 3.05) is 13.2 Å². The monoisotopic (exact) mass is 172 g/mol. The third kappa shape index (κ3) is 4.91. The van der Waals surface area contributed by atoms with Crippen LogP contribution in [0.25, 0.3) is 0 Å². The van der Waals surface area contributed by atoms with E-state index in [1.165, 1.54) is 6.08 Å². The maximum Gasteiger partial charge on any atom is 0.330 e. The molecule has 0 heterocycles. The number of aliphatic hydroxyl groups excluding tert-OH is 1. The number of hydrogen-bond acceptors (Lipinski definition) is 3. The fourth-order valence-corrected chi connectivity index (χ4v) is 0.731. The second kappa shape index (κ2) is 6.85. The Morgan fingerprint density at radius 1 is 1.58 bits per heavy atom. The van der Waals surface area contributed by atoms with Gasteiger partial charge >= 0.3 is 5.97 Å². The molecule has 12 heavy (non-hydrogen) atoms. The molecule has 0 unspecified atom stereocenters. The lowest BCUT2D eigenvalue weighted by Crippen LogP contribution is -2.04. The van der Waals surface area contributed by atoms with Gasteiger partial charge in [0.1, 0.15) is 0 Å². The van der Waals surface area contributed by atoms with Crippen molar-refractivity contribution in [1.82, 2.24) is 0 Å². The number of aliphatic hydroxyl groups is 1. The zero-order valence-electron chi connectivity index (χ0n) is 7.62. The lowest BCUT2D eigenvalue weighted by molar-refractivity contribution is -0.137. The van der Waals surface area contributed by atoms with Gasteiger partial charge in [0.05, 0.1) is 6.61 Å². The van der Waals surface area contributed by atoms with E-state index < -0.39 is 0 Å². The zero-order valence-corrected chi connectivity index (χ0v) is 7.62. The van der Waals surface area contributed by atoms with Crippen molar-refractivity contribution in [3.05, 3.63) is 12.2 Å². The minimum atomic E-state index is -0.343. The summed E-state index contributed by atoms with van der Waals surface area (Å²) in [6, 6.07) is 0. The molecule has 0 saturated heterocycles. The van der Waals surface area contributed by atoms with Crippen LogP contribution in [0.3, 0.4) is 0 Å². The van der Waals surface area contributed by atoms with Gasteiger partial charge in [-0.25, -0.2) is 4.79 Å². The minimum absolute atomic E-state index is 0.0643. The SMILES string of the molecule is CCOC(=O)/C=C/[C@@H](CC)CO. The summed E-state index contributed by atoms with van der Waals surface area (Å²) in [5.74, 6) is -0.279. The molecule has 0 bridgehead atoms. The van der Waals surface area contributed by atoms with E-state index in [-0.39, 0.29) is 18.5 Å². The quantitative estimate of drug-likeness (QED) is 0.499. The highest BCUT2D eigenvalue weighted by Gasteiger charge is 2.00. The van der Waals surface area contributed by atoms with Gasteiger partial charge in [-0.05, 0) is 13.3 Å². The van der Waals surface area contributed by atoms with E-state index in [4.69, 9.17) is 5.11 Å². The number of esters is 1. The van der Waals surface area contributed by atoms with Crippen LogP contribution in [0.15, 0.2) is 12.2 Å². The van der Waals surface area contributed by atoms with Crippen LogP contribution in [0.1, 0.15) is 20.3 Å². The molecule has 0 aromatic carbocycles. The van der Waals surface area contributed by atoms with Crippen LogP contribution in [0, 0.1) is 5.92 Å². The molecule has 0 amide bonds. The summed E-state index contributed by atoms with van der Waals surface area (Å²) >= 11 is 0. The smallest absolute Gasteiger partial charge is 0.330 e. The van der Waals surface area contributed by atoms with E-state index in [9.17, 15) is 4.79 Å². The van der Waals surface area contributed by atoms with Gasteiger partial charge in [-0.15, -0.1) is 0 Å². The van der Waals surface area contributed by atoms with Gasteiger partial charge in [-0.3, -0.25) is 0 Å². The van der Waals surface area contributed by atoms with E-state index in [2.05, 4.69) is 4.74 Å². The number of carbonyl (C=O) groups is 1. The summed E-state index contributed by atoms with van der Waals surface area (Å²) in [4.78, 5) is 10.8. The molecule has 1 atom stereocenters. The molecule has 3 nitrogen and oxygen atoms in total. The van der Waals surface area contributed by atoms with Gasteiger partial charge < -0.3 is 9.84 Å². The van der Waals surface area contributed by atoms with Gasteiger partial charge in [0.15, 0.2) is 0 Å².